The fraction of sp³-hybridized carbons (Fsp3) is 0.545. The molecule has 2 fully saturated rings. The van der Waals surface area contributed by atoms with Crippen LogP contribution in [0.3, 0.4) is 0 Å². The number of rotatable bonds is 6. The Morgan fingerprint density at radius 2 is 1.89 bits per heavy atom. The van der Waals surface area contributed by atoms with E-state index >= 15 is 0 Å². The Balaban J connectivity index is 1.45. The zero-order valence-corrected chi connectivity index (χ0v) is 16.5. The van der Waals surface area contributed by atoms with Gasteiger partial charge in [0.05, 0.1) is 10.6 Å². The standard InChI is InChI=1S/C22H28ClN3O/c23-20-13-18(15-26-16-20)14-25-11-7-21(19-3-9-24-10-4-19)8-12-27-22(17-21)5-1-2-6-22/h3-4,9-10,13,15-16,25H,1-2,5-8,11-12,14,17H2/t21-/m1/s1. The van der Waals surface area contributed by atoms with E-state index in [0.717, 1.165) is 44.5 Å². The van der Waals surface area contributed by atoms with Crippen LogP contribution >= 0.6 is 11.6 Å². The predicted molar refractivity (Wildman–Crippen MR) is 108 cm³/mol. The van der Waals surface area contributed by atoms with Gasteiger partial charge in [0.25, 0.3) is 0 Å². The maximum atomic E-state index is 6.33. The third-order valence-electron chi connectivity index (χ3n) is 6.33. The lowest BCUT2D eigenvalue weighted by atomic mass is 9.66. The van der Waals surface area contributed by atoms with E-state index in [-0.39, 0.29) is 11.0 Å². The first-order valence-corrected chi connectivity index (χ1v) is 10.4. The van der Waals surface area contributed by atoms with Gasteiger partial charge < -0.3 is 10.1 Å². The van der Waals surface area contributed by atoms with Gasteiger partial charge in [-0.15, -0.1) is 0 Å². The molecule has 1 N–H and O–H groups in total. The normalized spacial score (nSPS) is 24.3. The summed E-state index contributed by atoms with van der Waals surface area (Å²) in [7, 11) is 0. The first-order valence-electron chi connectivity index (χ1n) is 10.0. The molecule has 1 aliphatic heterocycles. The van der Waals surface area contributed by atoms with Crippen LogP contribution in [0, 0.1) is 0 Å². The number of nitrogens with zero attached hydrogens (tertiary/aromatic N) is 2. The van der Waals surface area contributed by atoms with Crippen LogP contribution in [0.15, 0.2) is 43.0 Å². The van der Waals surface area contributed by atoms with Crippen molar-refractivity contribution in [2.45, 2.75) is 62.5 Å². The van der Waals surface area contributed by atoms with Crippen LogP contribution in [0.2, 0.25) is 5.02 Å². The van der Waals surface area contributed by atoms with Crippen LogP contribution in [-0.4, -0.2) is 28.7 Å². The van der Waals surface area contributed by atoms with Gasteiger partial charge in [-0.3, -0.25) is 9.97 Å². The molecule has 0 amide bonds. The Morgan fingerprint density at radius 3 is 2.67 bits per heavy atom. The maximum Gasteiger partial charge on any atom is 0.0691 e. The molecule has 2 aliphatic rings. The lowest BCUT2D eigenvalue weighted by molar-refractivity contribution is -0.103. The monoisotopic (exact) mass is 385 g/mol. The Morgan fingerprint density at radius 1 is 1.07 bits per heavy atom. The van der Waals surface area contributed by atoms with Gasteiger partial charge in [-0.1, -0.05) is 24.4 Å². The summed E-state index contributed by atoms with van der Waals surface area (Å²) in [5, 5.41) is 4.28. The molecular formula is C22H28ClN3O. The molecular weight excluding hydrogens is 358 g/mol. The average Bonchev–Trinajstić information content (AvgIpc) is 3.13. The zero-order valence-electron chi connectivity index (χ0n) is 15.8. The van der Waals surface area contributed by atoms with Gasteiger partial charge in [-0.2, -0.15) is 0 Å². The summed E-state index contributed by atoms with van der Waals surface area (Å²) in [5.74, 6) is 0. The van der Waals surface area contributed by atoms with E-state index in [1.807, 2.05) is 24.7 Å². The van der Waals surface area contributed by atoms with Gasteiger partial charge in [0.15, 0.2) is 0 Å². The second-order valence-corrected chi connectivity index (χ2v) is 8.56. The average molecular weight is 386 g/mol. The molecule has 2 aromatic heterocycles. The van der Waals surface area contributed by atoms with Gasteiger partial charge >= 0.3 is 0 Å². The van der Waals surface area contributed by atoms with Crippen molar-refractivity contribution >= 4 is 11.6 Å². The van der Waals surface area contributed by atoms with Crippen molar-refractivity contribution in [3.05, 3.63) is 59.1 Å². The number of hydrogen-bond acceptors (Lipinski definition) is 4. The van der Waals surface area contributed by atoms with Gasteiger partial charge in [-0.25, -0.2) is 0 Å². The minimum atomic E-state index is 0.0956. The first kappa shape index (κ1) is 18.9. The van der Waals surface area contributed by atoms with Crippen LogP contribution in [0.1, 0.15) is 56.1 Å². The summed E-state index contributed by atoms with van der Waals surface area (Å²) in [6.07, 6.45) is 15.7. The van der Waals surface area contributed by atoms with Crippen LogP contribution in [0.5, 0.6) is 0 Å². The molecule has 27 heavy (non-hydrogen) atoms. The van der Waals surface area contributed by atoms with Gasteiger partial charge in [0.1, 0.15) is 0 Å². The van der Waals surface area contributed by atoms with E-state index in [1.54, 1.807) is 6.20 Å². The van der Waals surface area contributed by atoms with Crippen LogP contribution < -0.4 is 5.32 Å². The summed E-state index contributed by atoms with van der Waals surface area (Å²) in [6.45, 7) is 2.62. The first-order chi connectivity index (χ1) is 13.2. The molecule has 4 rings (SSSR count). The molecule has 0 unspecified atom stereocenters. The molecule has 1 saturated carbocycles. The summed E-state index contributed by atoms with van der Waals surface area (Å²) in [4.78, 5) is 8.41. The lowest BCUT2D eigenvalue weighted by Gasteiger charge is -2.47. The smallest absolute Gasteiger partial charge is 0.0691 e. The minimum Gasteiger partial charge on any atom is -0.375 e. The van der Waals surface area contributed by atoms with Crippen LogP contribution in [-0.2, 0) is 16.7 Å². The van der Waals surface area contributed by atoms with Crippen molar-refractivity contribution in [1.82, 2.24) is 15.3 Å². The number of halogens is 1. The largest absolute Gasteiger partial charge is 0.375 e. The Labute approximate surface area is 166 Å². The molecule has 1 saturated heterocycles. The molecule has 1 spiro atoms. The lowest BCUT2D eigenvalue weighted by Crippen LogP contribution is -2.47. The Bertz CT molecular complexity index is 748. The number of nitrogens with one attached hydrogen (secondary N) is 1. The molecule has 144 valence electrons. The molecule has 1 atom stereocenters. The molecule has 2 aromatic rings. The van der Waals surface area contributed by atoms with E-state index in [4.69, 9.17) is 16.3 Å². The minimum absolute atomic E-state index is 0.0956. The maximum absolute atomic E-state index is 6.33. The molecule has 5 heteroatoms. The van der Waals surface area contributed by atoms with Gasteiger partial charge in [0, 0.05) is 43.4 Å². The third kappa shape index (κ3) is 4.34. The summed E-state index contributed by atoms with van der Waals surface area (Å²) < 4.78 is 6.33. The quantitative estimate of drug-likeness (QED) is 0.734. The summed E-state index contributed by atoms with van der Waals surface area (Å²) >= 11 is 6.04. The second kappa shape index (κ2) is 8.26. The van der Waals surface area contributed by atoms with Crippen LogP contribution in [0.25, 0.3) is 0 Å². The van der Waals surface area contributed by atoms with E-state index in [0.29, 0.717) is 5.02 Å². The van der Waals surface area contributed by atoms with Crippen molar-refractivity contribution in [1.29, 1.82) is 0 Å². The Kier molecular flexibility index (Phi) is 5.76. The van der Waals surface area contributed by atoms with Crippen molar-refractivity contribution < 1.29 is 4.74 Å². The number of pyridine rings is 2. The predicted octanol–water partition coefficient (Wildman–Crippen LogP) is 4.67. The van der Waals surface area contributed by atoms with Crippen molar-refractivity contribution in [2.75, 3.05) is 13.2 Å². The van der Waals surface area contributed by atoms with Gasteiger partial charge in [-0.05, 0) is 68.0 Å². The highest BCUT2D eigenvalue weighted by Crippen LogP contribution is 2.49. The fourth-order valence-corrected chi connectivity index (χ4v) is 5.18. The number of ether oxygens (including phenoxy) is 1. The number of aromatic nitrogens is 2. The molecule has 0 aromatic carbocycles. The van der Waals surface area contributed by atoms with Crippen molar-refractivity contribution in [2.24, 2.45) is 0 Å². The van der Waals surface area contributed by atoms with Crippen LogP contribution in [0.4, 0.5) is 0 Å². The van der Waals surface area contributed by atoms with Crippen molar-refractivity contribution in [3.63, 3.8) is 0 Å². The highest BCUT2D eigenvalue weighted by molar-refractivity contribution is 6.30. The molecule has 4 nitrogen and oxygen atoms in total. The summed E-state index contributed by atoms with van der Waals surface area (Å²) in [6, 6.07) is 6.38. The van der Waals surface area contributed by atoms with Crippen molar-refractivity contribution in [3.8, 4) is 0 Å². The molecule has 0 radical (unpaired) electrons. The number of hydrogen-bond donors (Lipinski definition) is 1. The Hall–Kier alpha value is -1.49. The highest BCUT2D eigenvalue weighted by atomic mass is 35.5. The fourth-order valence-electron chi connectivity index (χ4n) is 4.98. The second-order valence-electron chi connectivity index (χ2n) is 8.12. The summed E-state index contributed by atoms with van der Waals surface area (Å²) in [5.41, 5.74) is 2.81. The van der Waals surface area contributed by atoms with E-state index in [1.165, 1.54) is 31.2 Å². The zero-order chi connectivity index (χ0) is 18.6. The van der Waals surface area contributed by atoms with Gasteiger partial charge in [0.2, 0.25) is 0 Å². The van der Waals surface area contributed by atoms with E-state index in [9.17, 15) is 0 Å². The van der Waals surface area contributed by atoms with E-state index in [2.05, 4.69) is 27.4 Å². The SMILES string of the molecule is Clc1cncc(CNCC[C@@]2(c3ccncc3)CCOC3(CCCC3)C2)c1. The highest BCUT2D eigenvalue weighted by Gasteiger charge is 2.47. The molecule has 0 bridgehead atoms. The molecule has 3 heterocycles. The topological polar surface area (TPSA) is 47.0 Å². The van der Waals surface area contributed by atoms with E-state index < -0.39 is 0 Å². The third-order valence-corrected chi connectivity index (χ3v) is 6.53. The molecule has 1 aliphatic carbocycles.